The molecule has 25 heavy (non-hydrogen) atoms. The molecule has 7 nitrogen and oxygen atoms in total. The first-order valence-corrected chi connectivity index (χ1v) is 7.83. The van der Waals surface area contributed by atoms with Gasteiger partial charge in [0.15, 0.2) is 5.96 Å². The highest BCUT2D eigenvalue weighted by atomic mass is 16.2. The number of rotatable bonds is 3. The van der Waals surface area contributed by atoms with Crippen LogP contribution in [0.1, 0.15) is 29.3 Å². The van der Waals surface area contributed by atoms with Crippen molar-refractivity contribution in [2.45, 2.75) is 18.9 Å². The second kappa shape index (κ2) is 6.35. The normalized spacial score (nSPS) is 20.2. The van der Waals surface area contributed by atoms with Gasteiger partial charge in [0.2, 0.25) is 5.91 Å². The van der Waals surface area contributed by atoms with Crippen LogP contribution in [0.15, 0.2) is 53.8 Å². The molecular weight excluding hydrogens is 318 g/mol. The molecule has 1 aromatic heterocycles. The lowest BCUT2D eigenvalue weighted by molar-refractivity contribution is -0.128. The van der Waals surface area contributed by atoms with Crippen molar-refractivity contribution in [3.05, 3.63) is 59.9 Å². The predicted molar refractivity (Wildman–Crippen MR) is 95.0 cm³/mol. The Morgan fingerprint density at radius 3 is 2.80 bits per heavy atom. The first kappa shape index (κ1) is 16.6. The number of anilines is 1. The molecule has 1 aliphatic heterocycles. The Bertz CT molecular complexity index is 850. The van der Waals surface area contributed by atoms with Gasteiger partial charge < -0.3 is 11.1 Å². The van der Waals surface area contributed by atoms with Crippen molar-refractivity contribution < 1.29 is 9.59 Å². The van der Waals surface area contributed by atoms with Crippen LogP contribution >= 0.6 is 0 Å². The number of aromatic nitrogens is 1. The van der Waals surface area contributed by atoms with E-state index in [0.29, 0.717) is 11.3 Å². The fourth-order valence-electron chi connectivity index (χ4n) is 2.71. The van der Waals surface area contributed by atoms with Crippen molar-refractivity contribution >= 4 is 23.5 Å². The van der Waals surface area contributed by atoms with Crippen LogP contribution < -0.4 is 11.1 Å². The zero-order valence-electron chi connectivity index (χ0n) is 14.1. The molecular formula is C18H19N5O2. The minimum atomic E-state index is -0.761. The lowest BCUT2D eigenvalue weighted by Gasteiger charge is -2.33. The van der Waals surface area contributed by atoms with Gasteiger partial charge in [-0.25, -0.2) is 4.99 Å². The highest BCUT2D eigenvalue weighted by Gasteiger charge is 2.36. The van der Waals surface area contributed by atoms with Crippen LogP contribution in [0.5, 0.6) is 0 Å². The standard InChI is InChI=1S/C18H19N5O2/c1-18(10-15(24)23(2)17(19)22-18)13-6-3-7-14(9-13)21-16(25)12-5-4-8-20-11-12/h3-9,11H,10H2,1-2H3,(H2,19,22)(H,21,25)/t18-/m0/s1. The molecule has 128 valence electrons. The molecule has 0 fully saturated rings. The van der Waals surface area contributed by atoms with Gasteiger partial charge in [-0.15, -0.1) is 0 Å². The fraction of sp³-hybridized carbons (Fsp3) is 0.222. The number of carbonyl (C=O) groups is 2. The minimum Gasteiger partial charge on any atom is -0.369 e. The highest BCUT2D eigenvalue weighted by Crippen LogP contribution is 2.34. The van der Waals surface area contributed by atoms with Gasteiger partial charge >= 0.3 is 0 Å². The van der Waals surface area contributed by atoms with Crippen LogP contribution in [0.2, 0.25) is 0 Å². The summed E-state index contributed by atoms with van der Waals surface area (Å²) in [6, 6.07) is 10.7. The van der Waals surface area contributed by atoms with Crippen molar-refractivity contribution in [1.29, 1.82) is 0 Å². The zero-order valence-corrected chi connectivity index (χ0v) is 14.1. The Morgan fingerprint density at radius 1 is 1.32 bits per heavy atom. The van der Waals surface area contributed by atoms with E-state index in [1.807, 2.05) is 25.1 Å². The molecule has 0 saturated heterocycles. The van der Waals surface area contributed by atoms with Crippen LogP contribution in [-0.2, 0) is 10.3 Å². The molecule has 0 bridgehead atoms. The van der Waals surface area contributed by atoms with Crippen LogP contribution in [-0.4, -0.2) is 34.7 Å². The third-order valence-electron chi connectivity index (χ3n) is 4.24. The van der Waals surface area contributed by atoms with Gasteiger partial charge in [0.25, 0.3) is 5.91 Å². The average Bonchev–Trinajstić information content (AvgIpc) is 2.60. The predicted octanol–water partition coefficient (Wildman–Crippen LogP) is 1.73. The second-order valence-corrected chi connectivity index (χ2v) is 6.15. The summed E-state index contributed by atoms with van der Waals surface area (Å²) < 4.78 is 0. The Morgan fingerprint density at radius 2 is 2.12 bits per heavy atom. The average molecular weight is 337 g/mol. The molecule has 0 unspecified atom stereocenters. The minimum absolute atomic E-state index is 0.0974. The number of amides is 2. The Hall–Kier alpha value is -3.22. The summed E-state index contributed by atoms with van der Waals surface area (Å²) in [6.45, 7) is 1.85. The number of aliphatic imine (C=N–C) groups is 1. The summed E-state index contributed by atoms with van der Waals surface area (Å²) in [7, 11) is 1.60. The van der Waals surface area contributed by atoms with E-state index in [2.05, 4.69) is 15.3 Å². The molecule has 0 radical (unpaired) electrons. The van der Waals surface area contributed by atoms with Crippen LogP contribution in [0, 0.1) is 0 Å². The lowest BCUT2D eigenvalue weighted by atomic mass is 9.87. The molecule has 0 spiro atoms. The summed E-state index contributed by atoms with van der Waals surface area (Å²) in [5.41, 5.74) is 6.99. The third kappa shape index (κ3) is 3.35. The summed E-state index contributed by atoms with van der Waals surface area (Å²) in [5, 5.41) is 2.83. The van der Waals surface area contributed by atoms with Crippen LogP contribution in [0.4, 0.5) is 5.69 Å². The summed E-state index contributed by atoms with van der Waals surface area (Å²) in [4.78, 5) is 34.2. The number of hydrogen-bond donors (Lipinski definition) is 2. The van der Waals surface area contributed by atoms with Gasteiger partial charge in [-0.1, -0.05) is 12.1 Å². The van der Waals surface area contributed by atoms with E-state index >= 15 is 0 Å². The Kier molecular flexibility index (Phi) is 4.22. The Labute approximate surface area is 145 Å². The zero-order chi connectivity index (χ0) is 18.0. The van der Waals surface area contributed by atoms with Crippen molar-refractivity contribution in [3.8, 4) is 0 Å². The fourth-order valence-corrected chi connectivity index (χ4v) is 2.71. The van der Waals surface area contributed by atoms with Gasteiger partial charge in [0.05, 0.1) is 17.5 Å². The maximum atomic E-state index is 12.3. The van der Waals surface area contributed by atoms with Crippen molar-refractivity contribution in [1.82, 2.24) is 9.88 Å². The smallest absolute Gasteiger partial charge is 0.257 e. The molecule has 0 aliphatic carbocycles. The van der Waals surface area contributed by atoms with Gasteiger partial charge in [-0.3, -0.25) is 19.5 Å². The molecule has 1 aliphatic rings. The quantitative estimate of drug-likeness (QED) is 0.890. The topological polar surface area (TPSA) is 101 Å². The number of nitrogens with two attached hydrogens (primary N) is 1. The van der Waals surface area contributed by atoms with E-state index in [1.165, 1.54) is 11.1 Å². The monoisotopic (exact) mass is 337 g/mol. The lowest BCUT2D eigenvalue weighted by Crippen LogP contribution is -2.47. The molecule has 2 amide bonds. The molecule has 3 N–H and O–H groups in total. The van der Waals surface area contributed by atoms with Crippen molar-refractivity contribution in [2.24, 2.45) is 10.7 Å². The van der Waals surface area contributed by atoms with E-state index < -0.39 is 5.54 Å². The molecule has 7 heteroatoms. The maximum absolute atomic E-state index is 12.3. The first-order valence-electron chi connectivity index (χ1n) is 7.83. The first-order chi connectivity index (χ1) is 11.9. The summed E-state index contributed by atoms with van der Waals surface area (Å²) in [6.07, 6.45) is 3.32. The van der Waals surface area contributed by atoms with Gasteiger partial charge in [0, 0.05) is 25.1 Å². The third-order valence-corrected chi connectivity index (χ3v) is 4.24. The number of carbonyl (C=O) groups excluding carboxylic acids is 2. The number of hydrogen-bond acceptors (Lipinski definition) is 5. The van der Waals surface area contributed by atoms with E-state index in [-0.39, 0.29) is 24.2 Å². The Balaban J connectivity index is 1.87. The van der Waals surface area contributed by atoms with E-state index in [4.69, 9.17) is 5.73 Å². The number of pyridine rings is 1. The van der Waals surface area contributed by atoms with Crippen LogP contribution in [0.25, 0.3) is 0 Å². The number of guanidine groups is 1. The maximum Gasteiger partial charge on any atom is 0.257 e. The molecule has 3 rings (SSSR count). The summed E-state index contributed by atoms with van der Waals surface area (Å²) >= 11 is 0. The van der Waals surface area contributed by atoms with Gasteiger partial charge in [0.1, 0.15) is 0 Å². The number of nitrogens with one attached hydrogen (secondary N) is 1. The van der Waals surface area contributed by atoms with E-state index in [0.717, 1.165) is 5.56 Å². The number of benzene rings is 1. The van der Waals surface area contributed by atoms with Gasteiger partial charge in [-0.2, -0.15) is 0 Å². The van der Waals surface area contributed by atoms with E-state index in [9.17, 15) is 9.59 Å². The molecule has 0 saturated carbocycles. The molecule has 1 aromatic carbocycles. The molecule has 2 aromatic rings. The molecule has 1 atom stereocenters. The highest BCUT2D eigenvalue weighted by molar-refractivity contribution is 6.04. The summed E-state index contributed by atoms with van der Waals surface area (Å²) in [5.74, 6) is -0.166. The molecule has 2 heterocycles. The van der Waals surface area contributed by atoms with Crippen LogP contribution in [0.3, 0.4) is 0 Å². The number of nitrogens with zero attached hydrogens (tertiary/aromatic N) is 3. The van der Waals surface area contributed by atoms with E-state index in [1.54, 1.807) is 31.4 Å². The second-order valence-electron chi connectivity index (χ2n) is 6.15. The van der Waals surface area contributed by atoms with Crippen molar-refractivity contribution in [3.63, 3.8) is 0 Å². The SMILES string of the molecule is CN1C(=O)C[C@@](C)(c2cccc(NC(=O)c3cccnc3)c2)N=C1N. The largest absolute Gasteiger partial charge is 0.369 e. The van der Waals surface area contributed by atoms with Crippen molar-refractivity contribution in [2.75, 3.05) is 12.4 Å². The van der Waals surface area contributed by atoms with Gasteiger partial charge in [-0.05, 0) is 36.8 Å².